The van der Waals surface area contributed by atoms with Crippen molar-refractivity contribution < 1.29 is 4.74 Å². The van der Waals surface area contributed by atoms with Crippen molar-refractivity contribution in [1.82, 2.24) is 9.97 Å². The van der Waals surface area contributed by atoms with Crippen LogP contribution in [0.3, 0.4) is 0 Å². The Morgan fingerprint density at radius 3 is 2.70 bits per heavy atom. The first-order valence-electron chi connectivity index (χ1n) is 7.61. The van der Waals surface area contributed by atoms with Crippen molar-refractivity contribution in [3.05, 3.63) is 48.8 Å². The average molecular weight is 325 g/mol. The van der Waals surface area contributed by atoms with Crippen LogP contribution in [0.15, 0.2) is 48.8 Å². The molecule has 0 aliphatic carbocycles. The third-order valence-corrected chi connectivity index (χ3v) is 4.46. The van der Waals surface area contributed by atoms with Crippen molar-refractivity contribution in [3.8, 4) is 27.4 Å². The summed E-state index contributed by atoms with van der Waals surface area (Å²) in [6, 6.07) is 12.0. The van der Waals surface area contributed by atoms with Gasteiger partial charge in [0, 0.05) is 30.1 Å². The van der Waals surface area contributed by atoms with Gasteiger partial charge < -0.3 is 10.1 Å². The maximum absolute atomic E-state index is 5.22. The number of hydrogen-bond acceptors (Lipinski definition) is 5. The number of thiazole rings is 1. The Balaban J connectivity index is 1.95. The minimum Gasteiger partial charge on any atom is -0.497 e. The number of ether oxygens (including phenoxy) is 1. The summed E-state index contributed by atoms with van der Waals surface area (Å²) in [5.74, 6) is 0.843. The summed E-state index contributed by atoms with van der Waals surface area (Å²) in [7, 11) is 1.67. The fourth-order valence-electron chi connectivity index (χ4n) is 2.30. The van der Waals surface area contributed by atoms with E-state index in [0.29, 0.717) is 0 Å². The predicted octanol–water partition coefficient (Wildman–Crippen LogP) is 4.70. The number of anilines is 1. The van der Waals surface area contributed by atoms with E-state index in [1.54, 1.807) is 18.4 Å². The standard InChI is InChI=1S/C18H19N3OS/c1-3-10-20-18-21-12-16(23-18)15-5-4-11-19-17(15)13-6-8-14(22-2)9-7-13/h4-9,11-12H,3,10H2,1-2H3,(H,20,21). The number of benzene rings is 1. The van der Waals surface area contributed by atoms with Crippen molar-refractivity contribution in [3.63, 3.8) is 0 Å². The summed E-state index contributed by atoms with van der Waals surface area (Å²) in [5.41, 5.74) is 3.12. The fraction of sp³-hybridized carbons (Fsp3) is 0.222. The van der Waals surface area contributed by atoms with Crippen LogP contribution in [0.2, 0.25) is 0 Å². The van der Waals surface area contributed by atoms with Gasteiger partial charge in [0.25, 0.3) is 0 Å². The van der Waals surface area contributed by atoms with E-state index in [0.717, 1.165) is 45.5 Å². The first-order chi connectivity index (χ1) is 11.3. The molecule has 4 nitrogen and oxygen atoms in total. The van der Waals surface area contributed by atoms with Gasteiger partial charge >= 0.3 is 0 Å². The van der Waals surface area contributed by atoms with Crippen LogP contribution in [0.1, 0.15) is 13.3 Å². The zero-order valence-electron chi connectivity index (χ0n) is 13.2. The number of pyridine rings is 1. The summed E-state index contributed by atoms with van der Waals surface area (Å²) in [6.45, 7) is 3.08. The van der Waals surface area contributed by atoms with Crippen LogP contribution in [0.25, 0.3) is 21.7 Å². The van der Waals surface area contributed by atoms with Gasteiger partial charge in [0.15, 0.2) is 5.13 Å². The van der Waals surface area contributed by atoms with E-state index in [9.17, 15) is 0 Å². The van der Waals surface area contributed by atoms with Crippen LogP contribution in [-0.4, -0.2) is 23.6 Å². The van der Waals surface area contributed by atoms with Gasteiger partial charge in [-0.2, -0.15) is 0 Å². The van der Waals surface area contributed by atoms with Crippen LogP contribution < -0.4 is 10.1 Å². The van der Waals surface area contributed by atoms with Crippen LogP contribution in [0, 0.1) is 0 Å². The molecule has 3 aromatic rings. The average Bonchev–Trinajstić information content (AvgIpc) is 3.09. The van der Waals surface area contributed by atoms with Crippen molar-refractivity contribution in [2.75, 3.05) is 19.0 Å². The molecule has 0 fully saturated rings. The lowest BCUT2D eigenvalue weighted by Gasteiger charge is -2.07. The molecule has 0 saturated carbocycles. The van der Waals surface area contributed by atoms with Crippen LogP contribution in [-0.2, 0) is 0 Å². The quantitative estimate of drug-likeness (QED) is 0.713. The Morgan fingerprint density at radius 2 is 1.96 bits per heavy atom. The molecular weight excluding hydrogens is 306 g/mol. The SMILES string of the molecule is CCCNc1ncc(-c2cccnc2-c2ccc(OC)cc2)s1. The highest BCUT2D eigenvalue weighted by Crippen LogP contribution is 2.35. The molecule has 23 heavy (non-hydrogen) atoms. The lowest BCUT2D eigenvalue weighted by atomic mass is 10.1. The summed E-state index contributed by atoms with van der Waals surface area (Å²) in [5, 5.41) is 4.28. The number of hydrogen-bond donors (Lipinski definition) is 1. The summed E-state index contributed by atoms with van der Waals surface area (Å²) in [4.78, 5) is 10.1. The van der Waals surface area contributed by atoms with Crippen molar-refractivity contribution >= 4 is 16.5 Å². The lowest BCUT2D eigenvalue weighted by molar-refractivity contribution is 0.415. The van der Waals surface area contributed by atoms with Gasteiger partial charge in [-0.15, -0.1) is 0 Å². The van der Waals surface area contributed by atoms with Gasteiger partial charge in [-0.1, -0.05) is 18.3 Å². The number of aromatic nitrogens is 2. The zero-order chi connectivity index (χ0) is 16.1. The normalized spacial score (nSPS) is 10.5. The summed E-state index contributed by atoms with van der Waals surface area (Å²) < 4.78 is 5.22. The Hall–Kier alpha value is -2.40. The van der Waals surface area contributed by atoms with Crippen molar-refractivity contribution in [1.29, 1.82) is 0 Å². The first kappa shape index (κ1) is 15.5. The van der Waals surface area contributed by atoms with E-state index in [1.165, 1.54) is 0 Å². The fourth-order valence-corrected chi connectivity index (χ4v) is 3.16. The zero-order valence-corrected chi connectivity index (χ0v) is 14.1. The Bertz CT molecular complexity index is 768. The topological polar surface area (TPSA) is 47.0 Å². The maximum atomic E-state index is 5.22. The number of rotatable bonds is 6. The van der Waals surface area contributed by atoms with Gasteiger partial charge in [-0.25, -0.2) is 4.98 Å². The highest BCUT2D eigenvalue weighted by Gasteiger charge is 2.11. The van der Waals surface area contributed by atoms with E-state index < -0.39 is 0 Å². The molecule has 1 N–H and O–H groups in total. The molecule has 0 atom stereocenters. The van der Waals surface area contributed by atoms with E-state index >= 15 is 0 Å². The molecule has 0 bridgehead atoms. The molecule has 2 aromatic heterocycles. The third-order valence-electron chi connectivity index (χ3n) is 3.47. The minimum atomic E-state index is 0.843. The highest BCUT2D eigenvalue weighted by atomic mass is 32.1. The monoisotopic (exact) mass is 325 g/mol. The maximum Gasteiger partial charge on any atom is 0.183 e. The second-order valence-corrected chi connectivity index (χ2v) is 6.12. The molecule has 0 saturated heterocycles. The molecular formula is C18H19N3OS. The van der Waals surface area contributed by atoms with Gasteiger partial charge in [0.2, 0.25) is 0 Å². The molecule has 0 amide bonds. The van der Waals surface area contributed by atoms with Crippen LogP contribution >= 0.6 is 11.3 Å². The molecule has 0 aliphatic rings. The third kappa shape index (κ3) is 3.51. The molecule has 2 heterocycles. The van der Waals surface area contributed by atoms with Gasteiger partial charge in [0.05, 0.1) is 17.7 Å². The molecule has 1 aromatic carbocycles. The van der Waals surface area contributed by atoms with Gasteiger partial charge in [-0.3, -0.25) is 4.98 Å². The summed E-state index contributed by atoms with van der Waals surface area (Å²) >= 11 is 1.66. The molecule has 0 aliphatic heterocycles. The van der Waals surface area contributed by atoms with E-state index in [1.807, 2.05) is 42.7 Å². The predicted molar refractivity (Wildman–Crippen MR) is 96.1 cm³/mol. The van der Waals surface area contributed by atoms with Crippen LogP contribution in [0.5, 0.6) is 5.75 Å². The van der Waals surface area contributed by atoms with Crippen LogP contribution in [0.4, 0.5) is 5.13 Å². The Morgan fingerprint density at radius 1 is 1.13 bits per heavy atom. The molecule has 0 unspecified atom stereocenters. The van der Waals surface area contributed by atoms with E-state index in [2.05, 4.69) is 28.3 Å². The molecule has 0 spiro atoms. The second-order valence-electron chi connectivity index (χ2n) is 5.08. The summed E-state index contributed by atoms with van der Waals surface area (Å²) in [6.07, 6.45) is 4.81. The second kappa shape index (κ2) is 7.24. The van der Waals surface area contributed by atoms with Gasteiger partial charge in [-0.05, 0) is 42.8 Å². The van der Waals surface area contributed by atoms with E-state index in [4.69, 9.17) is 4.74 Å². The smallest absolute Gasteiger partial charge is 0.183 e. The largest absolute Gasteiger partial charge is 0.497 e. The number of nitrogens with zero attached hydrogens (tertiary/aromatic N) is 2. The lowest BCUT2D eigenvalue weighted by Crippen LogP contribution is -1.97. The van der Waals surface area contributed by atoms with Crippen molar-refractivity contribution in [2.24, 2.45) is 0 Å². The minimum absolute atomic E-state index is 0.843. The Labute approximate surface area is 140 Å². The number of methoxy groups -OCH3 is 1. The van der Waals surface area contributed by atoms with Crippen molar-refractivity contribution in [2.45, 2.75) is 13.3 Å². The molecule has 118 valence electrons. The Kier molecular flexibility index (Phi) is 4.88. The molecule has 3 rings (SSSR count). The number of nitrogens with one attached hydrogen (secondary N) is 1. The highest BCUT2D eigenvalue weighted by molar-refractivity contribution is 7.18. The van der Waals surface area contributed by atoms with Gasteiger partial charge in [0.1, 0.15) is 5.75 Å². The molecule has 0 radical (unpaired) electrons. The first-order valence-corrected chi connectivity index (χ1v) is 8.43. The molecule has 5 heteroatoms. The van der Waals surface area contributed by atoms with E-state index in [-0.39, 0.29) is 0 Å².